The fourth-order valence-corrected chi connectivity index (χ4v) is 2.19. The van der Waals surface area contributed by atoms with Gasteiger partial charge in [-0.15, -0.1) is 11.6 Å². The summed E-state index contributed by atoms with van der Waals surface area (Å²) in [6, 6.07) is 0. The van der Waals surface area contributed by atoms with Crippen molar-refractivity contribution >= 4 is 27.5 Å². The molecule has 0 amide bonds. The Morgan fingerprint density at radius 2 is 2.27 bits per heavy atom. The van der Waals surface area contributed by atoms with Crippen LogP contribution in [0.5, 0.6) is 0 Å². The molecule has 0 bridgehead atoms. The smallest absolute Gasteiger partial charge is 0.0767 e. The molecule has 0 aliphatic heterocycles. The van der Waals surface area contributed by atoms with Gasteiger partial charge in [-0.2, -0.15) is 5.10 Å². The first-order valence-electron chi connectivity index (χ1n) is 3.46. The van der Waals surface area contributed by atoms with Crippen molar-refractivity contribution in [3.8, 4) is 0 Å². The predicted molar refractivity (Wildman–Crippen MR) is 49.8 cm³/mol. The van der Waals surface area contributed by atoms with Crippen molar-refractivity contribution in [2.24, 2.45) is 7.05 Å². The Morgan fingerprint density at radius 1 is 1.64 bits per heavy atom. The lowest BCUT2D eigenvalue weighted by molar-refractivity contribution is 0.719. The van der Waals surface area contributed by atoms with E-state index in [1.807, 2.05) is 11.7 Å². The minimum Gasteiger partial charge on any atom is -0.270 e. The molecule has 0 saturated carbocycles. The van der Waals surface area contributed by atoms with Gasteiger partial charge in [-0.05, 0) is 22.4 Å². The molecule has 62 valence electrons. The number of hydrogen-bond donors (Lipinski definition) is 0. The number of aryl methyl sites for hydroxylation is 2. The van der Waals surface area contributed by atoms with Crippen molar-refractivity contribution < 1.29 is 0 Å². The molecule has 1 aromatic heterocycles. The van der Waals surface area contributed by atoms with E-state index in [0.717, 1.165) is 22.3 Å². The Balaban J connectivity index is 3.14. The van der Waals surface area contributed by atoms with E-state index < -0.39 is 0 Å². The van der Waals surface area contributed by atoms with Gasteiger partial charge < -0.3 is 0 Å². The third kappa shape index (κ3) is 1.59. The van der Waals surface area contributed by atoms with Gasteiger partial charge in [-0.25, -0.2) is 0 Å². The zero-order chi connectivity index (χ0) is 8.43. The van der Waals surface area contributed by atoms with Crippen LogP contribution in [-0.2, 0) is 19.3 Å². The molecule has 0 spiro atoms. The molecule has 2 nitrogen and oxygen atoms in total. The summed E-state index contributed by atoms with van der Waals surface area (Å²) in [5.41, 5.74) is 2.12. The lowest BCUT2D eigenvalue weighted by Gasteiger charge is -1.94. The van der Waals surface area contributed by atoms with Crippen molar-refractivity contribution in [3.05, 3.63) is 15.9 Å². The Kier molecular flexibility index (Phi) is 2.96. The van der Waals surface area contributed by atoms with E-state index in [9.17, 15) is 0 Å². The van der Waals surface area contributed by atoms with Gasteiger partial charge in [0.05, 0.1) is 21.7 Å². The molecule has 1 rings (SSSR count). The number of rotatable bonds is 2. The summed E-state index contributed by atoms with van der Waals surface area (Å²) >= 11 is 9.17. The van der Waals surface area contributed by atoms with Crippen LogP contribution in [0, 0.1) is 0 Å². The molecule has 0 aromatic carbocycles. The van der Waals surface area contributed by atoms with E-state index in [2.05, 4.69) is 28.0 Å². The molecule has 1 heterocycles. The van der Waals surface area contributed by atoms with Crippen LogP contribution in [0.2, 0.25) is 0 Å². The van der Waals surface area contributed by atoms with Gasteiger partial charge in [0.25, 0.3) is 0 Å². The predicted octanol–water partition coefficient (Wildman–Crippen LogP) is 2.48. The molecule has 1 aromatic rings. The highest BCUT2D eigenvalue weighted by molar-refractivity contribution is 9.10. The van der Waals surface area contributed by atoms with E-state index >= 15 is 0 Å². The van der Waals surface area contributed by atoms with Crippen LogP contribution in [0.1, 0.15) is 18.3 Å². The Morgan fingerprint density at radius 3 is 2.55 bits per heavy atom. The first kappa shape index (κ1) is 9.07. The van der Waals surface area contributed by atoms with Gasteiger partial charge in [0, 0.05) is 7.05 Å². The number of aromatic nitrogens is 2. The zero-order valence-corrected chi connectivity index (χ0v) is 8.91. The van der Waals surface area contributed by atoms with Crippen LogP contribution in [0.25, 0.3) is 0 Å². The first-order valence-corrected chi connectivity index (χ1v) is 4.79. The molecular weight excluding hydrogens is 227 g/mol. The highest BCUT2D eigenvalue weighted by Gasteiger charge is 2.10. The maximum absolute atomic E-state index is 5.72. The monoisotopic (exact) mass is 236 g/mol. The number of alkyl halides is 1. The number of nitrogens with zero attached hydrogens (tertiary/aromatic N) is 2. The first-order chi connectivity index (χ1) is 5.20. The van der Waals surface area contributed by atoms with Gasteiger partial charge >= 0.3 is 0 Å². The molecule has 0 N–H and O–H groups in total. The summed E-state index contributed by atoms with van der Waals surface area (Å²) in [5.74, 6) is 0.504. The molecule has 4 heteroatoms. The van der Waals surface area contributed by atoms with Crippen molar-refractivity contribution in [1.29, 1.82) is 0 Å². The minimum atomic E-state index is 0.504. The lowest BCUT2D eigenvalue weighted by atomic mass is 10.3. The molecule has 11 heavy (non-hydrogen) atoms. The maximum Gasteiger partial charge on any atom is 0.0767 e. The van der Waals surface area contributed by atoms with E-state index in [4.69, 9.17) is 11.6 Å². The van der Waals surface area contributed by atoms with E-state index in [1.165, 1.54) is 0 Å². The molecular formula is C7H10BrClN2. The minimum absolute atomic E-state index is 0.504. The molecule has 0 radical (unpaired) electrons. The molecule has 0 aliphatic carbocycles. The normalized spacial score (nSPS) is 10.5. The van der Waals surface area contributed by atoms with Crippen molar-refractivity contribution in [3.63, 3.8) is 0 Å². The molecule has 0 aliphatic rings. The SMILES string of the molecule is CCc1nn(C)c(CCl)c1Br. The van der Waals surface area contributed by atoms with Crippen LogP contribution in [-0.4, -0.2) is 9.78 Å². The van der Waals surface area contributed by atoms with Crippen molar-refractivity contribution in [1.82, 2.24) is 9.78 Å². The van der Waals surface area contributed by atoms with Gasteiger partial charge in [0.1, 0.15) is 0 Å². The highest BCUT2D eigenvalue weighted by atomic mass is 79.9. The summed E-state index contributed by atoms with van der Waals surface area (Å²) in [5, 5.41) is 4.28. The average molecular weight is 238 g/mol. The number of hydrogen-bond acceptors (Lipinski definition) is 1. The van der Waals surface area contributed by atoms with Crippen LogP contribution < -0.4 is 0 Å². The molecule has 0 saturated heterocycles. The summed E-state index contributed by atoms with van der Waals surface area (Å²) in [6.45, 7) is 2.07. The summed E-state index contributed by atoms with van der Waals surface area (Å²) in [4.78, 5) is 0. The third-order valence-corrected chi connectivity index (χ3v) is 2.80. The van der Waals surface area contributed by atoms with E-state index in [0.29, 0.717) is 5.88 Å². The zero-order valence-electron chi connectivity index (χ0n) is 6.56. The summed E-state index contributed by atoms with van der Waals surface area (Å²) in [7, 11) is 1.90. The van der Waals surface area contributed by atoms with Gasteiger partial charge in [0.2, 0.25) is 0 Å². The van der Waals surface area contributed by atoms with Crippen molar-refractivity contribution in [2.45, 2.75) is 19.2 Å². The van der Waals surface area contributed by atoms with Gasteiger partial charge in [0.15, 0.2) is 0 Å². The quantitative estimate of drug-likeness (QED) is 0.723. The van der Waals surface area contributed by atoms with E-state index in [1.54, 1.807) is 0 Å². The Labute approximate surface area is 79.7 Å². The fraction of sp³-hybridized carbons (Fsp3) is 0.571. The van der Waals surface area contributed by atoms with Crippen LogP contribution in [0.15, 0.2) is 4.47 Å². The standard InChI is InChI=1S/C7H10BrClN2/c1-3-5-7(8)6(4-9)11(2)10-5/h3-4H2,1-2H3. The second-order valence-corrected chi connectivity index (χ2v) is 3.38. The number of halogens is 2. The van der Waals surface area contributed by atoms with E-state index in [-0.39, 0.29) is 0 Å². The lowest BCUT2D eigenvalue weighted by Crippen LogP contribution is -1.95. The van der Waals surface area contributed by atoms with Crippen molar-refractivity contribution in [2.75, 3.05) is 0 Å². The molecule has 0 fully saturated rings. The maximum atomic E-state index is 5.72. The Hall–Kier alpha value is -0.0200. The highest BCUT2D eigenvalue weighted by Crippen LogP contribution is 2.22. The molecule has 0 atom stereocenters. The second kappa shape index (κ2) is 3.59. The summed E-state index contributed by atoms with van der Waals surface area (Å²) in [6.07, 6.45) is 0.936. The van der Waals surface area contributed by atoms with Crippen LogP contribution >= 0.6 is 27.5 Å². The fourth-order valence-electron chi connectivity index (χ4n) is 0.965. The van der Waals surface area contributed by atoms with Crippen LogP contribution in [0.4, 0.5) is 0 Å². The largest absolute Gasteiger partial charge is 0.270 e. The average Bonchev–Trinajstić information content (AvgIpc) is 2.26. The van der Waals surface area contributed by atoms with Gasteiger partial charge in [-0.1, -0.05) is 6.92 Å². The Bertz CT molecular complexity index is 257. The third-order valence-electron chi connectivity index (χ3n) is 1.63. The van der Waals surface area contributed by atoms with Gasteiger partial charge in [-0.3, -0.25) is 4.68 Å². The molecule has 0 unspecified atom stereocenters. The van der Waals surface area contributed by atoms with Crippen LogP contribution in [0.3, 0.4) is 0 Å². The summed E-state index contributed by atoms with van der Waals surface area (Å²) < 4.78 is 2.87. The topological polar surface area (TPSA) is 17.8 Å². The second-order valence-electron chi connectivity index (χ2n) is 2.32.